The molecule has 3 rings (SSSR count). The number of nitrogens with one attached hydrogen (secondary N) is 1. The molecule has 0 spiro atoms. The lowest BCUT2D eigenvalue weighted by molar-refractivity contribution is -0.142. The molecule has 1 N–H and O–H groups in total. The lowest BCUT2D eigenvalue weighted by Gasteiger charge is -2.27. The van der Waals surface area contributed by atoms with E-state index in [1.54, 1.807) is 0 Å². The summed E-state index contributed by atoms with van der Waals surface area (Å²) >= 11 is 0. The normalized spacial score (nSPS) is 16.1. The van der Waals surface area contributed by atoms with Crippen LogP contribution in [0.5, 0.6) is 0 Å². The van der Waals surface area contributed by atoms with Crippen LogP contribution in [-0.4, -0.2) is 21.6 Å². The van der Waals surface area contributed by atoms with Crippen molar-refractivity contribution < 1.29 is 13.2 Å². The van der Waals surface area contributed by atoms with Crippen molar-refractivity contribution in [2.24, 2.45) is 0 Å². The Morgan fingerprint density at radius 2 is 1.95 bits per heavy atom. The van der Waals surface area contributed by atoms with Gasteiger partial charge in [-0.05, 0) is 5.56 Å². The fourth-order valence-corrected chi connectivity index (χ4v) is 2.56. The second kappa shape index (κ2) is 4.94. The van der Waals surface area contributed by atoms with Gasteiger partial charge in [0.15, 0.2) is 5.69 Å². The van der Waals surface area contributed by atoms with Crippen LogP contribution in [0.4, 0.5) is 13.2 Å². The predicted octanol–water partition coefficient (Wildman–Crippen LogP) is 2.99. The van der Waals surface area contributed by atoms with E-state index < -0.39 is 11.9 Å². The first kappa shape index (κ1) is 13.2. The van der Waals surface area contributed by atoms with Crippen molar-refractivity contribution in [3.8, 4) is 0 Å². The zero-order valence-corrected chi connectivity index (χ0v) is 10.7. The second-order valence-electron chi connectivity index (χ2n) is 4.97. The third kappa shape index (κ3) is 2.56. The molecule has 6 heteroatoms. The van der Waals surface area contributed by atoms with Crippen LogP contribution in [0.3, 0.4) is 0 Å². The van der Waals surface area contributed by atoms with Gasteiger partial charge in [-0.15, -0.1) is 0 Å². The molecule has 0 atom stereocenters. The molecule has 3 nitrogen and oxygen atoms in total. The second-order valence-corrected chi connectivity index (χ2v) is 4.97. The molecule has 0 radical (unpaired) electrons. The fourth-order valence-electron chi connectivity index (χ4n) is 2.56. The van der Waals surface area contributed by atoms with Crippen molar-refractivity contribution in [2.45, 2.75) is 25.7 Å². The number of benzene rings is 1. The van der Waals surface area contributed by atoms with Gasteiger partial charge < -0.3 is 0 Å². The molecule has 0 unspecified atom stereocenters. The summed E-state index contributed by atoms with van der Waals surface area (Å²) in [5.74, 6) is 0. The highest BCUT2D eigenvalue weighted by atomic mass is 19.4. The number of aromatic amines is 1. The molecule has 2 aromatic rings. The maximum atomic E-state index is 12.9. The Hall–Kier alpha value is -1.82. The van der Waals surface area contributed by atoms with E-state index >= 15 is 0 Å². The SMILES string of the molecule is FC(F)(F)c1n[nH]c2c1CN(Cc1ccccc1)CC2. The van der Waals surface area contributed by atoms with E-state index in [0.29, 0.717) is 24.2 Å². The van der Waals surface area contributed by atoms with Gasteiger partial charge in [0.2, 0.25) is 0 Å². The summed E-state index contributed by atoms with van der Waals surface area (Å²) in [5.41, 5.74) is 1.24. The third-order valence-corrected chi connectivity index (χ3v) is 3.53. The van der Waals surface area contributed by atoms with Crippen LogP contribution in [0, 0.1) is 0 Å². The van der Waals surface area contributed by atoms with E-state index in [9.17, 15) is 13.2 Å². The maximum absolute atomic E-state index is 12.9. The van der Waals surface area contributed by atoms with Crippen molar-refractivity contribution in [1.82, 2.24) is 15.1 Å². The number of hydrogen-bond acceptors (Lipinski definition) is 2. The van der Waals surface area contributed by atoms with Crippen LogP contribution < -0.4 is 0 Å². The predicted molar refractivity (Wildman–Crippen MR) is 67.8 cm³/mol. The summed E-state index contributed by atoms with van der Waals surface area (Å²) in [6.45, 7) is 1.68. The Bertz CT molecular complexity index is 589. The van der Waals surface area contributed by atoms with Crippen LogP contribution in [0.1, 0.15) is 22.5 Å². The van der Waals surface area contributed by atoms with E-state index in [2.05, 4.69) is 10.2 Å². The van der Waals surface area contributed by atoms with Crippen molar-refractivity contribution >= 4 is 0 Å². The fraction of sp³-hybridized carbons (Fsp3) is 0.357. The number of hydrogen-bond donors (Lipinski definition) is 1. The van der Waals surface area contributed by atoms with Gasteiger partial charge in [0.05, 0.1) is 0 Å². The number of fused-ring (bicyclic) bond motifs is 1. The first-order chi connectivity index (χ1) is 9.54. The Balaban J connectivity index is 1.79. The van der Waals surface area contributed by atoms with E-state index in [-0.39, 0.29) is 6.54 Å². The lowest BCUT2D eigenvalue weighted by atomic mass is 10.0. The van der Waals surface area contributed by atoms with E-state index in [4.69, 9.17) is 0 Å². The maximum Gasteiger partial charge on any atom is 0.435 e. The highest BCUT2D eigenvalue weighted by Gasteiger charge is 2.39. The van der Waals surface area contributed by atoms with Gasteiger partial charge in [0, 0.05) is 37.3 Å². The largest absolute Gasteiger partial charge is 0.435 e. The van der Waals surface area contributed by atoms with Gasteiger partial charge in [0.1, 0.15) is 0 Å². The van der Waals surface area contributed by atoms with E-state index in [1.807, 2.05) is 35.2 Å². The third-order valence-electron chi connectivity index (χ3n) is 3.53. The number of aromatic nitrogens is 2. The summed E-state index contributed by atoms with van der Waals surface area (Å²) in [4.78, 5) is 2.02. The minimum Gasteiger partial charge on any atom is -0.294 e. The average molecular weight is 281 g/mol. The first-order valence-corrected chi connectivity index (χ1v) is 6.43. The van der Waals surface area contributed by atoms with Crippen molar-refractivity contribution in [3.63, 3.8) is 0 Å². The monoisotopic (exact) mass is 281 g/mol. The van der Waals surface area contributed by atoms with Crippen LogP contribution >= 0.6 is 0 Å². The minimum absolute atomic E-state index is 0.287. The molecule has 1 aromatic heterocycles. The quantitative estimate of drug-likeness (QED) is 0.917. The average Bonchev–Trinajstić information content (AvgIpc) is 2.83. The number of rotatable bonds is 2. The molecule has 0 fully saturated rings. The van der Waals surface area contributed by atoms with Gasteiger partial charge in [-0.2, -0.15) is 18.3 Å². The molecule has 20 heavy (non-hydrogen) atoms. The van der Waals surface area contributed by atoms with Crippen LogP contribution in [0.25, 0.3) is 0 Å². The summed E-state index contributed by atoms with van der Waals surface area (Å²) in [6.07, 6.45) is -3.81. The molecule has 1 aliphatic rings. The van der Waals surface area contributed by atoms with Gasteiger partial charge in [0.25, 0.3) is 0 Å². The standard InChI is InChI=1S/C14H14F3N3/c15-14(16,17)13-11-9-20(7-6-12(11)18-19-13)8-10-4-2-1-3-5-10/h1-5H,6-9H2,(H,18,19). The van der Waals surface area contributed by atoms with Gasteiger partial charge >= 0.3 is 6.18 Å². The first-order valence-electron chi connectivity index (χ1n) is 6.43. The molecule has 0 saturated carbocycles. The highest BCUT2D eigenvalue weighted by Crippen LogP contribution is 2.34. The molecule has 2 heterocycles. The zero-order valence-electron chi connectivity index (χ0n) is 10.7. The Kier molecular flexibility index (Phi) is 3.25. The number of alkyl halides is 3. The minimum atomic E-state index is -4.39. The number of H-pyrrole nitrogens is 1. The Morgan fingerprint density at radius 1 is 1.20 bits per heavy atom. The van der Waals surface area contributed by atoms with Crippen LogP contribution in [0.15, 0.2) is 30.3 Å². The smallest absolute Gasteiger partial charge is 0.294 e. The Morgan fingerprint density at radius 3 is 2.65 bits per heavy atom. The molecule has 0 saturated heterocycles. The lowest BCUT2D eigenvalue weighted by Crippen LogP contribution is -2.30. The topological polar surface area (TPSA) is 31.9 Å². The molecule has 1 aliphatic heterocycles. The summed E-state index contributed by atoms with van der Waals surface area (Å²) in [7, 11) is 0. The van der Waals surface area contributed by atoms with E-state index in [0.717, 1.165) is 12.1 Å². The molecule has 1 aromatic carbocycles. The highest BCUT2D eigenvalue weighted by molar-refractivity contribution is 5.29. The van der Waals surface area contributed by atoms with Crippen LogP contribution in [0.2, 0.25) is 0 Å². The molecule has 0 aliphatic carbocycles. The number of halogens is 3. The molecular weight excluding hydrogens is 267 g/mol. The number of nitrogens with zero attached hydrogens (tertiary/aromatic N) is 2. The molecule has 0 bridgehead atoms. The van der Waals surface area contributed by atoms with E-state index in [1.165, 1.54) is 0 Å². The summed E-state index contributed by atoms with van der Waals surface area (Å²) in [5, 5.41) is 5.95. The zero-order chi connectivity index (χ0) is 14.2. The molecule has 0 amide bonds. The summed E-state index contributed by atoms with van der Waals surface area (Å²) in [6, 6.07) is 9.76. The van der Waals surface area contributed by atoms with Gasteiger partial charge in [-0.3, -0.25) is 10.00 Å². The van der Waals surface area contributed by atoms with Crippen molar-refractivity contribution in [1.29, 1.82) is 0 Å². The van der Waals surface area contributed by atoms with Crippen molar-refractivity contribution in [2.75, 3.05) is 6.54 Å². The van der Waals surface area contributed by atoms with Gasteiger partial charge in [-0.1, -0.05) is 30.3 Å². The Labute approximate surface area is 114 Å². The van der Waals surface area contributed by atoms with Gasteiger partial charge in [-0.25, -0.2) is 0 Å². The molecular formula is C14H14F3N3. The summed E-state index contributed by atoms with van der Waals surface area (Å²) < 4.78 is 38.6. The van der Waals surface area contributed by atoms with Crippen molar-refractivity contribution in [3.05, 3.63) is 52.8 Å². The van der Waals surface area contributed by atoms with Crippen LogP contribution in [-0.2, 0) is 25.7 Å². The molecule has 106 valence electrons.